The van der Waals surface area contributed by atoms with Crippen molar-refractivity contribution in [2.75, 3.05) is 26.1 Å². The number of thiophene rings is 1. The molecule has 0 radical (unpaired) electrons. The van der Waals surface area contributed by atoms with Crippen molar-refractivity contribution in [2.24, 2.45) is 0 Å². The number of carbonyl (C=O) groups is 3. The molecule has 5 rings (SSSR count). The Morgan fingerprint density at radius 1 is 0.949 bits per heavy atom. The summed E-state index contributed by atoms with van der Waals surface area (Å²) in [5, 5.41) is 3.83. The SMILES string of the molecule is COC(=O)c1c(NC(=O)COC(=O)c2cc(-c3ccc(OC)cc3)nc3ccccc23)sc2c1CCCCC2. The van der Waals surface area contributed by atoms with Crippen LogP contribution in [0.2, 0.25) is 0 Å². The number of hydrogen-bond acceptors (Lipinski definition) is 8. The Balaban J connectivity index is 1.35. The van der Waals surface area contributed by atoms with Crippen LogP contribution in [0.4, 0.5) is 5.00 Å². The number of carbonyl (C=O) groups excluding carboxylic acids is 3. The molecular formula is C30H28N2O6S. The standard InChI is InChI=1S/C30H28N2O6S/c1-36-19-14-12-18(13-15-19)24-16-22(20-8-6-7-10-23(20)31-24)29(34)38-17-26(33)32-28-27(30(35)37-2)21-9-4-3-5-11-25(21)39-28/h6-8,10,12-16H,3-5,9,11,17H2,1-2H3,(H,32,33). The second-order valence-electron chi connectivity index (χ2n) is 9.19. The summed E-state index contributed by atoms with van der Waals surface area (Å²) >= 11 is 1.39. The molecule has 0 saturated carbocycles. The van der Waals surface area contributed by atoms with Gasteiger partial charge in [0.05, 0.1) is 36.6 Å². The van der Waals surface area contributed by atoms with Crippen molar-refractivity contribution in [3.63, 3.8) is 0 Å². The molecule has 0 unspecified atom stereocenters. The van der Waals surface area contributed by atoms with E-state index >= 15 is 0 Å². The number of ether oxygens (including phenoxy) is 3. The van der Waals surface area contributed by atoms with E-state index in [-0.39, 0.29) is 0 Å². The van der Waals surface area contributed by atoms with Gasteiger partial charge in [-0.3, -0.25) is 4.79 Å². The van der Waals surface area contributed by atoms with Gasteiger partial charge in [0.2, 0.25) is 0 Å². The maximum Gasteiger partial charge on any atom is 0.341 e. The molecule has 0 aliphatic heterocycles. The van der Waals surface area contributed by atoms with Gasteiger partial charge >= 0.3 is 11.9 Å². The van der Waals surface area contributed by atoms with E-state index in [0.29, 0.717) is 38.5 Å². The van der Waals surface area contributed by atoms with E-state index in [9.17, 15) is 14.4 Å². The monoisotopic (exact) mass is 544 g/mol. The molecule has 4 aromatic rings. The summed E-state index contributed by atoms with van der Waals surface area (Å²) in [5.74, 6) is -0.939. The molecular weight excluding hydrogens is 516 g/mol. The number of amides is 1. The normalized spacial score (nSPS) is 12.8. The molecule has 0 fully saturated rings. The fourth-order valence-corrected chi connectivity index (χ4v) is 6.07. The van der Waals surface area contributed by atoms with Crippen LogP contribution in [0.1, 0.15) is 50.4 Å². The summed E-state index contributed by atoms with van der Waals surface area (Å²) < 4.78 is 15.7. The highest BCUT2D eigenvalue weighted by Gasteiger charge is 2.26. The third-order valence-corrected chi connectivity index (χ3v) is 7.93. The highest BCUT2D eigenvalue weighted by atomic mass is 32.1. The molecule has 1 aliphatic carbocycles. The minimum atomic E-state index is -0.645. The van der Waals surface area contributed by atoms with E-state index in [4.69, 9.17) is 19.2 Å². The van der Waals surface area contributed by atoms with Crippen molar-refractivity contribution in [2.45, 2.75) is 32.1 Å². The fourth-order valence-electron chi connectivity index (χ4n) is 4.77. The average molecular weight is 545 g/mol. The molecule has 0 atom stereocenters. The van der Waals surface area contributed by atoms with Crippen molar-refractivity contribution in [3.05, 3.63) is 76.2 Å². The summed E-state index contributed by atoms with van der Waals surface area (Å²) in [6, 6.07) is 16.3. The third-order valence-electron chi connectivity index (χ3n) is 6.72. The first-order valence-electron chi connectivity index (χ1n) is 12.7. The third kappa shape index (κ3) is 5.63. The number of methoxy groups -OCH3 is 2. The number of aryl methyl sites for hydroxylation is 1. The lowest BCUT2D eigenvalue weighted by molar-refractivity contribution is -0.119. The van der Waals surface area contributed by atoms with Gasteiger partial charge < -0.3 is 19.5 Å². The Bertz CT molecular complexity index is 1540. The number of rotatable bonds is 7. The fraction of sp³-hybridized carbons (Fsp3) is 0.267. The number of esters is 2. The Morgan fingerprint density at radius 3 is 2.49 bits per heavy atom. The maximum atomic E-state index is 13.2. The largest absolute Gasteiger partial charge is 0.497 e. The van der Waals surface area contributed by atoms with E-state index in [0.717, 1.165) is 48.1 Å². The Labute approximate surface area is 229 Å². The average Bonchev–Trinajstić information content (AvgIpc) is 3.14. The quantitative estimate of drug-likeness (QED) is 0.231. The highest BCUT2D eigenvalue weighted by molar-refractivity contribution is 7.17. The Hall–Kier alpha value is -4.24. The van der Waals surface area contributed by atoms with Crippen LogP contribution in [0.15, 0.2) is 54.6 Å². The summed E-state index contributed by atoms with van der Waals surface area (Å²) in [4.78, 5) is 44.4. The number of fused-ring (bicyclic) bond motifs is 2. The molecule has 0 bridgehead atoms. The van der Waals surface area contributed by atoms with Crippen LogP contribution in [-0.4, -0.2) is 43.7 Å². The van der Waals surface area contributed by atoms with Crippen molar-refractivity contribution in [1.29, 1.82) is 0 Å². The van der Waals surface area contributed by atoms with E-state index in [2.05, 4.69) is 5.32 Å². The second kappa shape index (κ2) is 11.7. The van der Waals surface area contributed by atoms with E-state index < -0.39 is 24.5 Å². The number of hydrogen-bond donors (Lipinski definition) is 1. The Morgan fingerprint density at radius 2 is 1.72 bits per heavy atom. The molecule has 2 aromatic carbocycles. The molecule has 200 valence electrons. The van der Waals surface area contributed by atoms with Crippen molar-refractivity contribution in [1.82, 2.24) is 4.98 Å². The molecule has 39 heavy (non-hydrogen) atoms. The van der Waals surface area contributed by atoms with Crippen molar-refractivity contribution < 1.29 is 28.6 Å². The zero-order valence-electron chi connectivity index (χ0n) is 21.7. The molecule has 2 aromatic heterocycles. The smallest absolute Gasteiger partial charge is 0.341 e. The lowest BCUT2D eigenvalue weighted by Crippen LogP contribution is -2.22. The summed E-state index contributed by atoms with van der Waals surface area (Å²) in [7, 11) is 2.92. The number of para-hydroxylation sites is 1. The molecule has 1 aliphatic rings. The molecule has 0 saturated heterocycles. The lowest BCUT2D eigenvalue weighted by atomic mass is 10.0. The summed E-state index contributed by atoms with van der Waals surface area (Å²) in [5.41, 5.74) is 3.69. The Kier molecular flexibility index (Phi) is 7.88. The number of anilines is 1. The van der Waals surface area contributed by atoms with Gasteiger partial charge in [-0.15, -0.1) is 11.3 Å². The van der Waals surface area contributed by atoms with Gasteiger partial charge in [-0.1, -0.05) is 24.6 Å². The number of aromatic nitrogens is 1. The zero-order valence-corrected chi connectivity index (χ0v) is 22.6. The van der Waals surface area contributed by atoms with E-state index in [1.807, 2.05) is 42.5 Å². The first kappa shape index (κ1) is 26.4. The van der Waals surface area contributed by atoms with Gasteiger partial charge in [-0.05, 0) is 67.6 Å². The van der Waals surface area contributed by atoms with E-state index in [1.165, 1.54) is 18.4 Å². The number of nitrogens with zero attached hydrogens (tertiary/aromatic N) is 1. The predicted molar refractivity (Wildman–Crippen MR) is 150 cm³/mol. The van der Waals surface area contributed by atoms with Crippen LogP contribution < -0.4 is 10.1 Å². The molecule has 9 heteroatoms. The van der Waals surface area contributed by atoms with Crippen LogP contribution >= 0.6 is 11.3 Å². The van der Waals surface area contributed by atoms with Crippen LogP contribution in [-0.2, 0) is 27.1 Å². The number of pyridine rings is 1. The summed E-state index contributed by atoms with van der Waals surface area (Å²) in [6.07, 6.45) is 4.76. The minimum Gasteiger partial charge on any atom is -0.497 e. The second-order valence-corrected chi connectivity index (χ2v) is 10.3. The molecule has 0 spiro atoms. The van der Waals surface area contributed by atoms with Crippen molar-refractivity contribution >= 4 is 45.1 Å². The van der Waals surface area contributed by atoms with Gasteiger partial charge in [-0.25, -0.2) is 14.6 Å². The number of nitrogens with one attached hydrogen (secondary N) is 1. The molecule has 8 nitrogen and oxygen atoms in total. The first-order chi connectivity index (χ1) is 19.0. The first-order valence-corrected chi connectivity index (χ1v) is 13.5. The molecule has 2 heterocycles. The summed E-state index contributed by atoms with van der Waals surface area (Å²) in [6.45, 7) is -0.503. The van der Waals surface area contributed by atoms with E-state index in [1.54, 1.807) is 19.2 Å². The predicted octanol–water partition coefficient (Wildman–Crippen LogP) is 5.82. The van der Waals surface area contributed by atoms with Gasteiger partial charge in [0.25, 0.3) is 5.91 Å². The van der Waals surface area contributed by atoms with Crippen LogP contribution in [0, 0.1) is 0 Å². The molecule has 1 N–H and O–H groups in total. The molecule has 1 amide bonds. The van der Waals surface area contributed by atoms with Crippen LogP contribution in [0.3, 0.4) is 0 Å². The van der Waals surface area contributed by atoms with Crippen LogP contribution in [0.5, 0.6) is 5.75 Å². The van der Waals surface area contributed by atoms with Gasteiger partial charge in [0.1, 0.15) is 10.8 Å². The number of benzene rings is 2. The van der Waals surface area contributed by atoms with Crippen molar-refractivity contribution in [3.8, 4) is 17.0 Å². The van der Waals surface area contributed by atoms with Gasteiger partial charge in [0, 0.05) is 15.8 Å². The van der Waals surface area contributed by atoms with Crippen LogP contribution in [0.25, 0.3) is 22.2 Å². The van der Waals surface area contributed by atoms with Gasteiger partial charge in [0.15, 0.2) is 6.61 Å². The lowest BCUT2D eigenvalue weighted by Gasteiger charge is -2.11. The topological polar surface area (TPSA) is 104 Å². The minimum absolute atomic E-state index is 0.303. The highest BCUT2D eigenvalue weighted by Crippen LogP contribution is 2.38. The zero-order chi connectivity index (χ0) is 27.4. The van der Waals surface area contributed by atoms with Gasteiger partial charge in [-0.2, -0.15) is 0 Å². The maximum absolute atomic E-state index is 13.2.